The van der Waals surface area contributed by atoms with Crippen molar-refractivity contribution in [1.29, 1.82) is 0 Å². The lowest BCUT2D eigenvalue weighted by Gasteiger charge is -2.52. The summed E-state index contributed by atoms with van der Waals surface area (Å²) < 4.78 is 0. The fourth-order valence-electron chi connectivity index (χ4n) is 7.39. The molecule has 0 unspecified atom stereocenters. The molecule has 252 valence electrons. The van der Waals surface area contributed by atoms with E-state index in [0.29, 0.717) is 30.2 Å². The van der Waals surface area contributed by atoms with Crippen molar-refractivity contribution in [2.45, 2.75) is 173 Å². The highest BCUT2D eigenvalue weighted by Gasteiger charge is 2.51. The first-order chi connectivity index (χ1) is 20.0. The maximum absolute atomic E-state index is 13.0. The van der Waals surface area contributed by atoms with Crippen LogP contribution in [0.15, 0.2) is 0 Å². The number of fused-ring (bicyclic) bond motifs is 2. The summed E-state index contributed by atoms with van der Waals surface area (Å²) in [4.78, 5) is 25.0. The molecule has 0 aromatic heterocycles. The lowest BCUT2D eigenvalue weighted by molar-refractivity contribution is -0.140. The van der Waals surface area contributed by atoms with Gasteiger partial charge in [-0.05, 0) is 87.4 Å². The van der Waals surface area contributed by atoms with Crippen molar-refractivity contribution in [2.75, 3.05) is 19.7 Å². The minimum Gasteiger partial charge on any atom is -0.396 e. The van der Waals surface area contributed by atoms with Gasteiger partial charge in [0.1, 0.15) is 0 Å². The second-order valence-electron chi connectivity index (χ2n) is 13.6. The number of hydrogen-bond donors (Lipinski definition) is 3. The highest BCUT2D eigenvalue weighted by molar-refractivity contribution is 5.83. The van der Waals surface area contributed by atoms with Crippen LogP contribution in [0.5, 0.6) is 0 Å². The third kappa shape index (κ3) is 14.1. The van der Waals surface area contributed by atoms with Crippen molar-refractivity contribution < 1.29 is 14.7 Å². The van der Waals surface area contributed by atoms with Crippen molar-refractivity contribution in [1.82, 2.24) is 10.6 Å². The molecule has 2 saturated carbocycles. The number of hydrogen-bond acceptors (Lipinski definition) is 3. The van der Waals surface area contributed by atoms with Crippen LogP contribution in [-0.4, -0.2) is 36.6 Å². The van der Waals surface area contributed by atoms with Gasteiger partial charge in [0.05, 0.1) is 5.41 Å². The maximum atomic E-state index is 13.0. The molecule has 0 aliphatic heterocycles. The predicted octanol–water partition coefficient (Wildman–Crippen LogP) is 9.71. The minimum atomic E-state index is -0.371. The Balaban J connectivity index is 0. The molecule has 0 saturated heterocycles. The first-order valence-electron chi connectivity index (χ1n) is 18.1. The molecule has 0 spiro atoms. The lowest BCUT2D eigenvalue weighted by Crippen LogP contribution is -2.50. The molecule has 2 rings (SSSR count). The van der Waals surface area contributed by atoms with Crippen LogP contribution in [0.25, 0.3) is 0 Å². The van der Waals surface area contributed by atoms with E-state index in [-0.39, 0.29) is 23.3 Å². The molecular formula is C37H76N2O3. The molecule has 2 aliphatic carbocycles. The fourth-order valence-corrected chi connectivity index (χ4v) is 7.39. The average Bonchev–Trinajstić information content (AvgIpc) is 2.98. The van der Waals surface area contributed by atoms with Crippen LogP contribution in [0, 0.1) is 34.0 Å². The topological polar surface area (TPSA) is 78.4 Å². The zero-order valence-corrected chi connectivity index (χ0v) is 30.5. The van der Waals surface area contributed by atoms with Gasteiger partial charge in [0.25, 0.3) is 0 Å². The Morgan fingerprint density at radius 2 is 1.33 bits per heavy atom. The molecule has 42 heavy (non-hydrogen) atoms. The smallest absolute Gasteiger partial charge is 0.226 e. The van der Waals surface area contributed by atoms with Gasteiger partial charge in [-0.25, -0.2) is 0 Å². The molecule has 2 fully saturated rings. The third-order valence-corrected chi connectivity index (χ3v) is 9.85. The van der Waals surface area contributed by atoms with Crippen LogP contribution in [0.2, 0.25) is 0 Å². The normalized spacial score (nSPS) is 21.3. The quantitative estimate of drug-likeness (QED) is 0.176. The van der Waals surface area contributed by atoms with E-state index in [2.05, 4.69) is 52.2 Å². The Kier molecular flexibility index (Phi) is 23.9. The number of carbonyl (C=O) groups excluding carboxylic acids is 2. The Morgan fingerprint density at radius 3 is 1.74 bits per heavy atom. The standard InChI is InChI=1S/C21H39NO.C12H25NO2.2C2H6/c1-5-18(6-2)9-14-22-19(23)21-12-7-10-20(16-21,11-8-13-21)15-17(3)4;1-5-12(6-2,7-8-14)11(15)13-9-10(3)4;2*1-2/h17-18H,5-16H2,1-4H3,(H,22,23);10,14H,5-9H2,1-4H3,(H,13,15);2*1-2H3. The molecule has 0 radical (unpaired) electrons. The second-order valence-corrected chi connectivity index (χ2v) is 13.6. The number of aliphatic hydroxyl groups excluding tert-OH is 1. The van der Waals surface area contributed by atoms with Gasteiger partial charge in [-0.15, -0.1) is 0 Å². The Labute approximate surface area is 263 Å². The van der Waals surface area contributed by atoms with Crippen LogP contribution in [0.1, 0.15) is 173 Å². The second kappa shape index (κ2) is 23.3. The molecular weight excluding hydrogens is 520 g/mol. The van der Waals surface area contributed by atoms with Gasteiger partial charge in [-0.3, -0.25) is 9.59 Å². The number of rotatable bonds is 15. The van der Waals surface area contributed by atoms with E-state index in [1.807, 2.05) is 41.5 Å². The molecule has 0 aromatic carbocycles. The summed E-state index contributed by atoms with van der Waals surface area (Å²) >= 11 is 0. The van der Waals surface area contributed by atoms with Crippen LogP contribution in [-0.2, 0) is 9.59 Å². The molecule has 5 heteroatoms. The summed E-state index contributed by atoms with van der Waals surface area (Å²) in [5, 5.41) is 15.3. The molecule has 0 aromatic rings. The summed E-state index contributed by atoms with van der Waals surface area (Å²) in [5.74, 6) is 2.47. The molecule has 0 atom stereocenters. The van der Waals surface area contributed by atoms with Crippen molar-refractivity contribution >= 4 is 11.8 Å². The van der Waals surface area contributed by atoms with E-state index in [4.69, 9.17) is 5.11 Å². The zero-order valence-electron chi connectivity index (χ0n) is 30.5. The van der Waals surface area contributed by atoms with Crippen molar-refractivity contribution in [3.05, 3.63) is 0 Å². The first kappa shape index (κ1) is 43.0. The summed E-state index contributed by atoms with van der Waals surface area (Å²) in [6.45, 7) is 27.0. The van der Waals surface area contributed by atoms with E-state index in [9.17, 15) is 9.59 Å². The van der Waals surface area contributed by atoms with E-state index >= 15 is 0 Å². The number of nitrogens with one attached hydrogen (secondary N) is 2. The van der Waals surface area contributed by atoms with Crippen molar-refractivity contribution in [3.8, 4) is 0 Å². The largest absolute Gasteiger partial charge is 0.396 e. The lowest BCUT2D eigenvalue weighted by atomic mass is 9.52. The van der Waals surface area contributed by atoms with Crippen LogP contribution in [0.3, 0.4) is 0 Å². The van der Waals surface area contributed by atoms with E-state index in [1.54, 1.807) is 0 Å². The molecule has 2 amide bonds. The predicted molar refractivity (Wildman–Crippen MR) is 184 cm³/mol. The van der Waals surface area contributed by atoms with Gasteiger partial charge in [0.15, 0.2) is 0 Å². The maximum Gasteiger partial charge on any atom is 0.226 e. The Morgan fingerprint density at radius 1 is 0.810 bits per heavy atom. The van der Waals surface area contributed by atoms with Gasteiger partial charge >= 0.3 is 0 Å². The minimum absolute atomic E-state index is 0.0285. The van der Waals surface area contributed by atoms with Crippen LogP contribution in [0.4, 0.5) is 0 Å². The molecule has 0 heterocycles. The molecule has 5 nitrogen and oxygen atoms in total. The molecule has 3 N–H and O–H groups in total. The van der Waals surface area contributed by atoms with Crippen LogP contribution >= 0.6 is 0 Å². The fraction of sp³-hybridized carbons (Fsp3) is 0.946. The SMILES string of the molecule is CC.CC.CCC(CC)(CCO)C(=O)NCC(C)C.CCC(CC)CCNC(=O)C12CCCC(CC(C)C)(CCC1)C2. The number of carbonyl (C=O) groups is 2. The average molecular weight is 597 g/mol. The molecule has 2 bridgehead atoms. The molecule has 2 aliphatic rings. The Bertz CT molecular complexity index is 670. The van der Waals surface area contributed by atoms with Gasteiger partial charge in [0, 0.05) is 25.1 Å². The van der Waals surface area contributed by atoms with Crippen molar-refractivity contribution in [2.24, 2.45) is 34.0 Å². The summed E-state index contributed by atoms with van der Waals surface area (Å²) in [7, 11) is 0. The summed E-state index contributed by atoms with van der Waals surface area (Å²) in [5.41, 5.74) is 0.0698. The monoisotopic (exact) mass is 597 g/mol. The number of amides is 2. The van der Waals surface area contributed by atoms with Gasteiger partial charge < -0.3 is 15.7 Å². The number of aliphatic hydroxyl groups is 1. The van der Waals surface area contributed by atoms with Gasteiger partial charge in [-0.2, -0.15) is 0 Å². The van der Waals surface area contributed by atoms with E-state index in [1.165, 1.54) is 44.9 Å². The van der Waals surface area contributed by atoms with Gasteiger partial charge in [0.2, 0.25) is 11.8 Å². The first-order valence-corrected chi connectivity index (χ1v) is 18.1. The van der Waals surface area contributed by atoms with Crippen molar-refractivity contribution in [3.63, 3.8) is 0 Å². The summed E-state index contributed by atoms with van der Waals surface area (Å²) in [6.07, 6.45) is 15.7. The third-order valence-electron chi connectivity index (χ3n) is 9.85. The van der Waals surface area contributed by atoms with Gasteiger partial charge in [-0.1, -0.05) is 109 Å². The van der Waals surface area contributed by atoms with Crippen LogP contribution < -0.4 is 10.6 Å². The highest BCUT2D eigenvalue weighted by Crippen LogP contribution is 2.58. The van der Waals surface area contributed by atoms with E-state index < -0.39 is 0 Å². The zero-order chi connectivity index (χ0) is 32.8. The van der Waals surface area contributed by atoms with E-state index in [0.717, 1.165) is 56.9 Å². The summed E-state index contributed by atoms with van der Waals surface area (Å²) in [6, 6.07) is 0. The Hall–Kier alpha value is -1.10. The highest BCUT2D eigenvalue weighted by atomic mass is 16.3.